The van der Waals surface area contributed by atoms with Crippen molar-refractivity contribution in [2.75, 3.05) is 19.6 Å². The van der Waals surface area contributed by atoms with Gasteiger partial charge in [-0.2, -0.15) is 0 Å². The fourth-order valence-corrected chi connectivity index (χ4v) is 3.09. The summed E-state index contributed by atoms with van der Waals surface area (Å²) >= 11 is 0. The largest absolute Gasteiger partial charge is 0.489 e. The van der Waals surface area contributed by atoms with Gasteiger partial charge in [-0.25, -0.2) is 4.79 Å². The molecule has 1 fully saturated rings. The number of rotatable bonds is 7. The second kappa shape index (κ2) is 9.69. The zero-order valence-corrected chi connectivity index (χ0v) is 16.6. The quantitative estimate of drug-likeness (QED) is 0.557. The van der Waals surface area contributed by atoms with Crippen molar-refractivity contribution >= 4 is 24.1 Å². The molecule has 3 rings (SSSR count). The molecule has 1 N–H and O–H groups in total. The van der Waals surface area contributed by atoms with Gasteiger partial charge in [-0.1, -0.05) is 42.5 Å². The third-order valence-electron chi connectivity index (χ3n) is 4.84. The number of imide groups is 1. The Kier molecular flexibility index (Phi) is 6.79. The van der Waals surface area contributed by atoms with E-state index in [9.17, 15) is 19.2 Å². The van der Waals surface area contributed by atoms with E-state index in [1.165, 1.54) is 4.90 Å². The molecular formula is C22H23N3O5. The van der Waals surface area contributed by atoms with Crippen LogP contribution in [0.3, 0.4) is 0 Å². The molecule has 2 aromatic rings. The lowest BCUT2D eigenvalue weighted by atomic mass is 10.1. The number of piperazine rings is 1. The molecule has 30 heavy (non-hydrogen) atoms. The van der Waals surface area contributed by atoms with Crippen LogP contribution in [-0.4, -0.2) is 53.6 Å². The predicted octanol–water partition coefficient (Wildman–Crippen LogP) is 1.91. The summed E-state index contributed by atoms with van der Waals surface area (Å²) in [5.74, 6) is -0.994. The highest BCUT2D eigenvalue weighted by atomic mass is 16.5. The van der Waals surface area contributed by atoms with E-state index in [1.54, 1.807) is 31.2 Å². The Balaban J connectivity index is 1.60. The number of likely N-dealkylation sites (N-methyl/N-ethyl adjacent to an activating group) is 1. The number of aldehydes is 1. The zero-order valence-electron chi connectivity index (χ0n) is 16.6. The molecule has 0 spiro atoms. The number of amides is 4. The number of nitrogens with one attached hydrogen (secondary N) is 1. The third-order valence-corrected chi connectivity index (χ3v) is 4.84. The van der Waals surface area contributed by atoms with Gasteiger partial charge in [0.25, 0.3) is 0 Å². The van der Waals surface area contributed by atoms with Crippen LogP contribution in [0.1, 0.15) is 24.1 Å². The molecule has 2 aromatic carbocycles. The molecule has 0 aliphatic carbocycles. The van der Waals surface area contributed by atoms with Crippen LogP contribution in [-0.2, 0) is 21.0 Å². The summed E-state index contributed by atoms with van der Waals surface area (Å²) in [6.07, 6.45) is 0.576. The van der Waals surface area contributed by atoms with E-state index < -0.39 is 23.9 Å². The molecule has 8 nitrogen and oxygen atoms in total. The Morgan fingerprint density at radius 3 is 2.40 bits per heavy atom. The maximum atomic E-state index is 12.5. The smallest absolute Gasteiger partial charge is 0.325 e. The fourth-order valence-electron chi connectivity index (χ4n) is 3.09. The SMILES string of the molecule is CCN1CCN(C(=O)NC(C=O)c2ccc(OCc3ccccc3)cc2)C(=O)C1=O. The Hall–Kier alpha value is -3.68. The minimum absolute atomic E-state index is 0.0854. The number of benzene rings is 2. The minimum atomic E-state index is -0.951. The van der Waals surface area contributed by atoms with E-state index in [0.717, 1.165) is 10.5 Å². The minimum Gasteiger partial charge on any atom is -0.489 e. The average molecular weight is 409 g/mol. The van der Waals surface area contributed by atoms with Gasteiger partial charge in [0.1, 0.15) is 24.7 Å². The second-order valence-corrected chi connectivity index (χ2v) is 6.75. The third kappa shape index (κ3) is 4.83. The summed E-state index contributed by atoms with van der Waals surface area (Å²) in [5, 5.41) is 2.50. The maximum Gasteiger partial charge on any atom is 0.325 e. The number of hydrogen-bond acceptors (Lipinski definition) is 5. The van der Waals surface area contributed by atoms with E-state index in [4.69, 9.17) is 4.74 Å². The molecule has 4 amide bonds. The summed E-state index contributed by atoms with van der Waals surface area (Å²) < 4.78 is 5.71. The topological polar surface area (TPSA) is 96.0 Å². The number of hydrogen-bond donors (Lipinski definition) is 1. The Labute approximate surface area is 174 Å². The van der Waals surface area contributed by atoms with Gasteiger partial charge in [-0.3, -0.25) is 14.5 Å². The number of ether oxygens (including phenoxy) is 1. The van der Waals surface area contributed by atoms with E-state index in [0.29, 0.717) is 30.8 Å². The van der Waals surface area contributed by atoms with Crippen LogP contribution >= 0.6 is 0 Å². The molecule has 1 atom stereocenters. The highest BCUT2D eigenvalue weighted by Crippen LogP contribution is 2.18. The molecule has 0 radical (unpaired) electrons. The Morgan fingerprint density at radius 2 is 1.77 bits per heavy atom. The lowest BCUT2D eigenvalue weighted by molar-refractivity contribution is -0.153. The molecule has 156 valence electrons. The van der Waals surface area contributed by atoms with E-state index in [-0.39, 0.29) is 13.1 Å². The van der Waals surface area contributed by atoms with Gasteiger partial charge < -0.3 is 19.7 Å². The molecule has 0 aromatic heterocycles. The predicted molar refractivity (Wildman–Crippen MR) is 109 cm³/mol. The van der Waals surface area contributed by atoms with E-state index in [2.05, 4.69) is 5.32 Å². The van der Waals surface area contributed by atoms with Crippen molar-refractivity contribution in [3.63, 3.8) is 0 Å². The molecule has 1 aliphatic heterocycles. The lowest BCUT2D eigenvalue weighted by Crippen LogP contribution is -2.58. The molecule has 0 bridgehead atoms. The summed E-state index contributed by atoms with van der Waals surface area (Å²) in [7, 11) is 0. The molecule has 0 saturated carbocycles. The van der Waals surface area contributed by atoms with Crippen molar-refractivity contribution in [2.24, 2.45) is 0 Å². The first kappa shape index (κ1) is 21.0. The van der Waals surface area contributed by atoms with Crippen LogP contribution in [0.15, 0.2) is 54.6 Å². The van der Waals surface area contributed by atoms with E-state index >= 15 is 0 Å². The first-order chi connectivity index (χ1) is 14.5. The van der Waals surface area contributed by atoms with Crippen LogP contribution in [0, 0.1) is 0 Å². The highest BCUT2D eigenvalue weighted by Gasteiger charge is 2.36. The summed E-state index contributed by atoms with van der Waals surface area (Å²) in [6.45, 7) is 2.93. The fraction of sp³-hybridized carbons (Fsp3) is 0.273. The maximum absolute atomic E-state index is 12.5. The van der Waals surface area contributed by atoms with Gasteiger partial charge in [0.05, 0.1) is 0 Å². The van der Waals surface area contributed by atoms with Gasteiger partial charge in [0, 0.05) is 19.6 Å². The van der Waals surface area contributed by atoms with Gasteiger partial charge in [-0.15, -0.1) is 0 Å². The van der Waals surface area contributed by atoms with Gasteiger partial charge in [-0.05, 0) is 30.2 Å². The van der Waals surface area contributed by atoms with Crippen molar-refractivity contribution in [2.45, 2.75) is 19.6 Å². The number of carbonyl (C=O) groups excluding carboxylic acids is 4. The van der Waals surface area contributed by atoms with Gasteiger partial charge in [0.2, 0.25) is 0 Å². The highest BCUT2D eigenvalue weighted by molar-refractivity contribution is 6.38. The van der Waals surface area contributed by atoms with Crippen LogP contribution in [0.5, 0.6) is 5.75 Å². The van der Waals surface area contributed by atoms with Crippen LogP contribution in [0.2, 0.25) is 0 Å². The molecule has 1 unspecified atom stereocenters. The Bertz CT molecular complexity index is 914. The van der Waals surface area contributed by atoms with Crippen molar-refractivity contribution < 1.29 is 23.9 Å². The second-order valence-electron chi connectivity index (χ2n) is 6.75. The van der Waals surface area contributed by atoms with Crippen LogP contribution in [0.4, 0.5) is 4.79 Å². The van der Waals surface area contributed by atoms with E-state index in [1.807, 2.05) is 30.3 Å². The molecule has 8 heteroatoms. The van der Waals surface area contributed by atoms with Crippen LogP contribution in [0.25, 0.3) is 0 Å². The molecule has 1 heterocycles. The first-order valence-corrected chi connectivity index (χ1v) is 9.66. The van der Waals surface area contributed by atoms with Crippen LogP contribution < -0.4 is 10.1 Å². The van der Waals surface area contributed by atoms with Gasteiger partial charge in [0.15, 0.2) is 0 Å². The average Bonchev–Trinajstić information content (AvgIpc) is 2.79. The van der Waals surface area contributed by atoms with Gasteiger partial charge >= 0.3 is 17.8 Å². The normalized spacial score (nSPS) is 15.0. The summed E-state index contributed by atoms with van der Waals surface area (Å²) in [6, 6.07) is 14.7. The van der Waals surface area contributed by atoms with Crippen molar-refractivity contribution in [3.8, 4) is 5.75 Å². The Morgan fingerprint density at radius 1 is 1.07 bits per heavy atom. The lowest BCUT2D eigenvalue weighted by Gasteiger charge is -2.32. The molecule has 1 saturated heterocycles. The molecular weight excluding hydrogens is 386 g/mol. The summed E-state index contributed by atoms with van der Waals surface area (Å²) in [5.41, 5.74) is 1.57. The van der Waals surface area contributed by atoms with Crippen molar-refractivity contribution in [1.29, 1.82) is 0 Å². The zero-order chi connectivity index (χ0) is 21.5. The number of carbonyl (C=O) groups is 4. The van der Waals surface area contributed by atoms with Crippen molar-refractivity contribution in [3.05, 3.63) is 65.7 Å². The summed E-state index contributed by atoms with van der Waals surface area (Å²) in [4.78, 5) is 50.3. The molecule has 1 aliphatic rings. The van der Waals surface area contributed by atoms with Crippen molar-refractivity contribution in [1.82, 2.24) is 15.1 Å². The first-order valence-electron chi connectivity index (χ1n) is 9.66. The number of nitrogens with zero attached hydrogens (tertiary/aromatic N) is 2. The standard InChI is InChI=1S/C22H23N3O5/c1-2-24-12-13-25(21(28)20(24)27)22(29)23-19(14-26)17-8-10-18(11-9-17)30-15-16-6-4-3-5-7-16/h3-11,14,19H,2,12-13,15H2,1H3,(H,23,29). The monoisotopic (exact) mass is 409 g/mol. The number of urea groups is 1.